The third-order valence-corrected chi connectivity index (χ3v) is 6.16. The highest BCUT2D eigenvalue weighted by molar-refractivity contribution is 6.39. The highest BCUT2D eigenvalue weighted by Crippen LogP contribution is 2.26. The molecule has 1 fully saturated rings. The average molecular weight is 493 g/mol. The number of piperazine rings is 1. The van der Waals surface area contributed by atoms with E-state index in [9.17, 15) is 9.59 Å². The monoisotopic (exact) mass is 492 g/mol. The lowest BCUT2D eigenvalue weighted by Crippen LogP contribution is -2.50. The number of ether oxygens (including phenoxy) is 2. The summed E-state index contributed by atoms with van der Waals surface area (Å²) < 4.78 is 16.5. The van der Waals surface area contributed by atoms with Crippen molar-refractivity contribution in [3.05, 3.63) is 72.7 Å². The number of para-hydroxylation sites is 2. The third-order valence-electron chi connectivity index (χ3n) is 6.16. The molecular weight excluding hydrogens is 460 g/mol. The van der Waals surface area contributed by atoms with Gasteiger partial charge in [-0.2, -0.15) is 0 Å². The van der Waals surface area contributed by atoms with Gasteiger partial charge in [0, 0.05) is 38.4 Å². The molecule has 1 saturated heterocycles. The van der Waals surface area contributed by atoms with Crippen LogP contribution in [0.25, 0.3) is 0 Å². The van der Waals surface area contributed by atoms with Crippen LogP contribution in [0.2, 0.25) is 0 Å². The molecule has 1 unspecified atom stereocenters. The first-order valence-electron chi connectivity index (χ1n) is 12.1. The number of furan rings is 1. The Morgan fingerprint density at radius 2 is 1.72 bits per heavy atom. The Labute approximate surface area is 211 Å². The van der Waals surface area contributed by atoms with Gasteiger partial charge < -0.3 is 29.4 Å². The molecule has 36 heavy (non-hydrogen) atoms. The van der Waals surface area contributed by atoms with Crippen molar-refractivity contribution in [3.8, 4) is 11.5 Å². The van der Waals surface area contributed by atoms with Crippen molar-refractivity contribution in [2.45, 2.75) is 13.0 Å². The summed E-state index contributed by atoms with van der Waals surface area (Å²) in [6.07, 6.45) is 1.62. The number of carbonyl (C=O) groups excluding carboxylic acids is 2. The van der Waals surface area contributed by atoms with Gasteiger partial charge in [0.25, 0.3) is 0 Å². The highest BCUT2D eigenvalue weighted by Gasteiger charge is 2.28. The molecule has 0 saturated carbocycles. The second-order valence-corrected chi connectivity index (χ2v) is 8.35. The maximum atomic E-state index is 12.6. The van der Waals surface area contributed by atoms with Crippen LogP contribution in [-0.2, 0) is 9.59 Å². The zero-order valence-corrected chi connectivity index (χ0v) is 20.6. The SMILES string of the molecule is CCOc1ccccc1NC(=O)C(=O)NCC(c1ccco1)N1CCN(c2ccc(OC)cc2)CC1. The fourth-order valence-corrected chi connectivity index (χ4v) is 4.28. The minimum absolute atomic E-state index is 0.189. The van der Waals surface area contributed by atoms with E-state index in [1.165, 1.54) is 0 Å². The lowest BCUT2D eigenvalue weighted by molar-refractivity contribution is -0.136. The largest absolute Gasteiger partial charge is 0.497 e. The topological polar surface area (TPSA) is 96.3 Å². The minimum atomic E-state index is -0.746. The van der Waals surface area contributed by atoms with Crippen molar-refractivity contribution in [2.75, 3.05) is 56.7 Å². The molecule has 1 aliphatic rings. The molecule has 1 aromatic heterocycles. The van der Waals surface area contributed by atoms with Crippen molar-refractivity contribution in [1.82, 2.24) is 10.2 Å². The minimum Gasteiger partial charge on any atom is -0.497 e. The van der Waals surface area contributed by atoms with Gasteiger partial charge in [-0.25, -0.2) is 0 Å². The van der Waals surface area contributed by atoms with Crippen LogP contribution >= 0.6 is 0 Å². The molecule has 0 aliphatic carbocycles. The summed E-state index contributed by atoms with van der Waals surface area (Å²) in [4.78, 5) is 29.8. The molecule has 1 atom stereocenters. The number of anilines is 2. The van der Waals surface area contributed by atoms with E-state index in [1.807, 2.05) is 37.3 Å². The second-order valence-electron chi connectivity index (χ2n) is 8.35. The van der Waals surface area contributed by atoms with Crippen molar-refractivity contribution in [2.24, 2.45) is 0 Å². The van der Waals surface area contributed by atoms with Crippen molar-refractivity contribution >= 4 is 23.2 Å². The van der Waals surface area contributed by atoms with Gasteiger partial charge >= 0.3 is 11.8 Å². The Bertz CT molecular complexity index is 1130. The molecule has 0 bridgehead atoms. The molecule has 9 heteroatoms. The van der Waals surface area contributed by atoms with Crippen molar-refractivity contribution < 1.29 is 23.5 Å². The fraction of sp³-hybridized carbons (Fsp3) is 0.333. The summed E-state index contributed by atoms with van der Waals surface area (Å²) in [5.74, 6) is 0.635. The van der Waals surface area contributed by atoms with Crippen LogP contribution in [0, 0.1) is 0 Å². The predicted molar refractivity (Wildman–Crippen MR) is 137 cm³/mol. The molecule has 2 amide bonds. The smallest absolute Gasteiger partial charge is 0.313 e. The van der Waals surface area contributed by atoms with Crippen LogP contribution in [0.15, 0.2) is 71.3 Å². The van der Waals surface area contributed by atoms with Gasteiger partial charge in [0.05, 0.1) is 31.7 Å². The lowest BCUT2D eigenvalue weighted by Gasteiger charge is -2.39. The predicted octanol–water partition coefficient (Wildman–Crippen LogP) is 3.31. The Hall–Kier alpha value is -3.98. The number of carbonyl (C=O) groups is 2. The molecule has 190 valence electrons. The summed E-state index contributed by atoms with van der Waals surface area (Å²) in [6.45, 7) is 5.77. The number of nitrogens with one attached hydrogen (secondary N) is 2. The normalized spacial score (nSPS) is 14.7. The fourth-order valence-electron chi connectivity index (χ4n) is 4.28. The molecule has 2 heterocycles. The zero-order chi connectivity index (χ0) is 25.3. The number of benzene rings is 2. The summed E-state index contributed by atoms with van der Waals surface area (Å²) in [7, 11) is 1.66. The number of methoxy groups -OCH3 is 1. The Morgan fingerprint density at radius 1 is 0.972 bits per heavy atom. The van der Waals surface area contributed by atoms with Crippen LogP contribution < -0.4 is 25.0 Å². The maximum Gasteiger partial charge on any atom is 0.313 e. The average Bonchev–Trinajstić information content (AvgIpc) is 3.45. The summed E-state index contributed by atoms with van der Waals surface area (Å²) >= 11 is 0. The van der Waals surface area contributed by atoms with E-state index < -0.39 is 11.8 Å². The van der Waals surface area contributed by atoms with E-state index in [0.717, 1.165) is 43.4 Å². The van der Waals surface area contributed by atoms with Gasteiger partial charge in [-0.15, -0.1) is 0 Å². The standard InChI is InChI=1S/C27H32N4O5/c1-3-35-24-8-5-4-7-22(24)29-27(33)26(32)28-19-23(25-9-6-18-36-25)31-16-14-30(15-17-31)20-10-12-21(34-2)13-11-20/h4-13,18,23H,3,14-17,19H2,1-2H3,(H,28,32)(H,29,33). The maximum absolute atomic E-state index is 12.6. The second kappa shape index (κ2) is 12.1. The molecule has 2 aromatic carbocycles. The molecule has 1 aliphatic heterocycles. The van der Waals surface area contributed by atoms with Gasteiger partial charge in [-0.05, 0) is 55.5 Å². The van der Waals surface area contributed by atoms with E-state index >= 15 is 0 Å². The number of nitrogens with zero attached hydrogens (tertiary/aromatic N) is 2. The van der Waals surface area contributed by atoms with Crippen molar-refractivity contribution in [3.63, 3.8) is 0 Å². The van der Waals surface area contributed by atoms with E-state index in [2.05, 4.69) is 32.6 Å². The van der Waals surface area contributed by atoms with Gasteiger partial charge in [0.1, 0.15) is 17.3 Å². The molecule has 2 N–H and O–H groups in total. The summed E-state index contributed by atoms with van der Waals surface area (Å²) in [6, 6.07) is 18.6. The lowest BCUT2D eigenvalue weighted by atomic mass is 10.1. The number of hydrogen-bond acceptors (Lipinski definition) is 7. The van der Waals surface area contributed by atoms with Gasteiger partial charge in [-0.3, -0.25) is 14.5 Å². The number of amides is 2. The van der Waals surface area contributed by atoms with E-state index in [4.69, 9.17) is 13.9 Å². The van der Waals surface area contributed by atoms with Crippen LogP contribution in [0.4, 0.5) is 11.4 Å². The molecule has 4 rings (SSSR count). The summed E-state index contributed by atoms with van der Waals surface area (Å²) in [5.41, 5.74) is 1.60. The molecule has 0 radical (unpaired) electrons. The van der Waals surface area contributed by atoms with Crippen LogP contribution in [0.5, 0.6) is 11.5 Å². The van der Waals surface area contributed by atoms with E-state index in [-0.39, 0.29) is 12.6 Å². The van der Waals surface area contributed by atoms with Crippen LogP contribution in [0.1, 0.15) is 18.7 Å². The molecule has 3 aromatic rings. The Kier molecular flexibility index (Phi) is 8.46. The highest BCUT2D eigenvalue weighted by atomic mass is 16.5. The Balaban J connectivity index is 1.35. The quantitative estimate of drug-likeness (QED) is 0.443. The molecule has 9 nitrogen and oxygen atoms in total. The number of hydrogen-bond donors (Lipinski definition) is 2. The van der Waals surface area contributed by atoms with Gasteiger partial charge in [0.2, 0.25) is 0 Å². The van der Waals surface area contributed by atoms with Gasteiger partial charge in [0.15, 0.2) is 0 Å². The van der Waals surface area contributed by atoms with E-state index in [1.54, 1.807) is 31.6 Å². The first kappa shape index (κ1) is 25.1. The first-order chi connectivity index (χ1) is 17.6. The van der Waals surface area contributed by atoms with E-state index in [0.29, 0.717) is 18.0 Å². The molecular formula is C27H32N4O5. The summed E-state index contributed by atoms with van der Waals surface area (Å²) in [5, 5.41) is 5.41. The zero-order valence-electron chi connectivity index (χ0n) is 20.6. The van der Waals surface area contributed by atoms with Crippen LogP contribution in [0.3, 0.4) is 0 Å². The Morgan fingerprint density at radius 3 is 2.39 bits per heavy atom. The number of rotatable bonds is 9. The van der Waals surface area contributed by atoms with Gasteiger partial charge in [-0.1, -0.05) is 12.1 Å². The third kappa shape index (κ3) is 6.17. The van der Waals surface area contributed by atoms with Crippen molar-refractivity contribution in [1.29, 1.82) is 0 Å². The first-order valence-corrected chi connectivity index (χ1v) is 12.1. The van der Waals surface area contributed by atoms with Crippen LogP contribution in [-0.4, -0.2) is 63.2 Å². The molecule has 0 spiro atoms.